The van der Waals surface area contributed by atoms with E-state index < -0.39 is 6.10 Å². The summed E-state index contributed by atoms with van der Waals surface area (Å²) in [6, 6.07) is 13.5. The molecular weight excluding hydrogens is 422 g/mol. The van der Waals surface area contributed by atoms with Gasteiger partial charge in [0.1, 0.15) is 6.10 Å². The van der Waals surface area contributed by atoms with Crippen molar-refractivity contribution < 1.29 is 19.0 Å². The highest BCUT2D eigenvalue weighted by molar-refractivity contribution is 5.75. The van der Waals surface area contributed by atoms with Crippen molar-refractivity contribution in [3.8, 4) is 11.5 Å². The molecule has 1 aromatic heterocycles. The second kappa shape index (κ2) is 9.70. The number of likely N-dealkylation sites (tertiary alicyclic amines) is 1. The van der Waals surface area contributed by atoms with Crippen molar-refractivity contribution in [3.63, 3.8) is 0 Å². The molecule has 2 aromatic carbocycles. The number of nitrogens with one attached hydrogen (secondary N) is 1. The average molecular weight is 454 g/mol. The Balaban J connectivity index is 1.53. The van der Waals surface area contributed by atoms with E-state index in [0.717, 1.165) is 42.5 Å². The van der Waals surface area contributed by atoms with Gasteiger partial charge in [-0.1, -0.05) is 18.2 Å². The highest BCUT2D eigenvalue weighted by Gasteiger charge is 2.32. The maximum absolute atomic E-state index is 12.6. The highest BCUT2D eigenvalue weighted by atomic mass is 16.5. The topological polar surface area (TPSA) is 85.8 Å². The molecule has 8 heteroatoms. The molecular formula is C25H31N3O5. The van der Waals surface area contributed by atoms with Gasteiger partial charge >= 0.3 is 11.7 Å². The minimum atomic E-state index is -0.449. The van der Waals surface area contributed by atoms with Gasteiger partial charge in [-0.05, 0) is 49.6 Å². The van der Waals surface area contributed by atoms with Gasteiger partial charge in [0.2, 0.25) is 0 Å². The van der Waals surface area contributed by atoms with Crippen LogP contribution < -0.4 is 15.2 Å². The third-order valence-electron chi connectivity index (χ3n) is 6.53. The Kier molecular flexibility index (Phi) is 6.74. The molecule has 0 saturated carbocycles. The first-order chi connectivity index (χ1) is 15.9. The third kappa shape index (κ3) is 4.61. The van der Waals surface area contributed by atoms with Crippen LogP contribution in [0.5, 0.6) is 11.5 Å². The van der Waals surface area contributed by atoms with Crippen molar-refractivity contribution in [2.24, 2.45) is 0 Å². The van der Waals surface area contributed by atoms with E-state index in [4.69, 9.17) is 14.2 Å². The monoisotopic (exact) mass is 453 g/mol. The lowest BCUT2D eigenvalue weighted by molar-refractivity contribution is -0.150. The van der Waals surface area contributed by atoms with Crippen molar-refractivity contribution in [1.82, 2.24) is 14.5 Å². The van der Waals surface area contributed by atoms with Crippen LogP contribution in [0.2, 0.25) is 0 Å². The normalized spacial score (nSPS) is 17.0. The van der Waals surface area contributed by atoms with Gasteiger partial charge in [0, 0.05) is 32.1 Å². The maximum Gasteiger partial charge on any atom is 0.326 e. The standard InChI is InChI=1S/C25H31N3O5/c1-16(24(33-17(2)29)18-9-10-22(31-3)23(15-18)32-4)27-13-11-19(12-14-27)28-21-8-6-5-7-20(21)26-25(28)30/h5-10,15-16,19,24H,11-14H2,1-4H3,(H,26,30)/t16-,24+/m1/s1. The molecule has 4 rings (SSSR count). The number of piperidine rings is 1. The predicted molar refractivity (Wildman–Crippen MR) is 126 cm³/mol. The van der Waals surface area contributed by atoms with E-state index in [2.05, 4.69) is 16.8 Å². The number of methoxy groups -OCH3 is 2. The fraction of sp³-hybridized carbons (Fsp3) is 0.440. The van der Waals surface area contributed by atoms with Crippen molar-refractivity contribution >= 4 is 17.0 Å². The van der Waals surface area contributed by atoms with Gasteiger partial charge in [-0.3, -0.25) is 14.3 Å². The van der Waals surface area contributed by atoms with E-state index in [-0.39, 0.29) is 23.7 Å². The molecule has 0 bridgehead atoms. The summed E-state index contributed by atoms with van der Waals surface area (Å²) in [5, 5.41) is 0. The van der Waals surface area contributed by atoms with Gasteiger partial charge in [0.15, 0.2) is 11.5 Å². The summed E-state index contributed by atoms with van der Waals surface area (Å²) in [5.74, 6) is 0.888. The molecule has 1 N–H and O–H groups in total. The minimum absolute atomic E-state index is 0.0485. The summed E-state index contributed by atoms with van der Waals surface area (Å²) in [7, 11) is 3.18. The van der Waals surface area contributed by atoms with E-state index in [1.54, 1.807) is 14.2 Å². The Labute approximate surface area is 193 Å². The lowest BCUT2D eigenvalue weighted by Gasteiger charge is -2.39. The summed E-state index contributed by atoms with van der Waals surface area (Å²) in [4.78, 5) is 29.8. The molecule has 0 unspecified atom stereocenters. The second-order valence-electron chi connectivity index (χ2n) is 8.47. The number of aromatic nitrogens is 2. The van der Waals surface area contributed by atoms with E-state index in [1.807, 2.05) is 47.0 Å². The number of fused-ring (bicyclic) bond motifs is 1. The van der Waals surface area contributed by atoms with Gasteiger partial charge in [0.05, 0.1) is 25.3 Å². The number of para-hydroxylation sites is 2. The number of carbonyl (C=O) groups excluding carboxylic acids is 1. The zero-order valence-corrected chi connectivity index (χ0v) is 19.5. The van der Waals surface area contributed by atoms with E-state index in [0.29, 0.717) is 11.5 Å². The molecule has 0 aliphatic carbocycles. The average Bonchev–Trinajstić information content (AvgIpc) is 3.17. The second-order valence-corrected chi connectivity index (χ2v) is 8.47. The maximum atomic E-state index is 12.6. The molecule has 0 amide bonds. The molecule has 176 valence electrons. The van der Waals surface area contributed by atoms with Crippen LogP contribution in [0.25, 0.3) is 11.0 Å². The number of benzene rings is 2. The number of aromatic amines is 1. The van der Waals surface area contributed by atoms with Crippen LogP contribution in [0.4, 0.5) is 0 Å². The summed E-state index contributed by atoms with van der Waals surface area (Å²) in [6.45, 7) is 5.09. The fourth-order valence-electron chi connectivity index (χ4n) is 4.83. The first kappa shape index (κ1) is 22.9. The molecule has 2 atom stereocenters. The zero-order chi connectivity index (χ0) is 23.5. The largest absolute Gasteiger partial charge is 0.493 e. The smallest absolute Gasteiger partial charge is 0.326 e. The summed E-state index contributed by atoms with van der Waals surface area (Å²) in [5.41, 5.74) is 2.59. The van der Waals surface area contributed by atoms with E-state index >= 15 is 0 Å². The molecule has 1 aliphatic rings. The first-order valence-corrected chi connectivity index (χ1v) is 11.3. The Morgan fingerprint density at radius 2 is 1.76 bits per heavy atom. The molecule has 2 heterocycles. The molecule has 1 aliphatic heterocycles. The van der Waals surface area contributed by atoms with Crippen LogP contribution in [0.1, 0.15) is 44.4 Å². The minimum Gasteiger partial charge on any atom is -0.493 e. The molecule has 1 fully saturated rings. The van der Waals surface area contributed by atoms with Crippen molar-refractivity contribution in [2.75, 3.05) is 27.3 Å². The molecule has 8 nitrogen and oxygen atoms in total. The number of imidazole rings is 1. The lowest BCUT2D eigenvalue weighted by atomic mass is 9.97. The van der Waals surface area contributed by atoms with Crippen LogP contribution in [0.15, 0.2) is 47.3 Å². The van der Waals surface area contributed by atoms with Crippen molar-refractivity contribution in [3.05, 3.63) is 58.5 Å². The SMILES string of the molecule is COc1ccc([C@@H](OC(C)=O)[C@@H](C)N2CCC(n3c(=O)[nH]c4ccccc43)CC2)cc1OC. The summed E-state index contributed by atoms with van der Waals surface area (Å²) >= 11 is 0. The predicted octanol–water partition coefficient (Wildman–Crippen LogP) is 3.68. The Bertz CT molecular complexity index is 1180. The van der Waals surface area contributed by atoms with Crippen LogP contribution in [-0.2, 0) is 9.53 Å². The van der Waals surface area contributed by atoms with E-state index in [1.165, 1.54) is 6.92 Å². The molecule has 3 aromatic rings. The van der Waals surface area contributed by atoms with Gasteiger partial charge in [-0.25, -0.2) is 4.79 Å². The third-order valence-corrected chi connectivity index (χ3v) is 6.53. The van der Waals surface area contributed by atoms with Crippen molar-refractivity contribution in [2.45, 2.75) is 44.9 Å². The summed E-state index contributed by atoms with van der Waals surface area (Å²) < 4.78 is 18.4. The van der Waals surface area contributed by atoms with E-state index in [9.17, 15) is 9.59 Å². The number of nitrogens with zero attached hydrogens (tertiary/aromatic N) is 2. The Hall–Kier alpha value is -3.26. The molecule has 33 heavy (non-hydrogen) atoms. The van der Waals surface area contributed by atoms with Crippen LogP contribution in [0, 0.1) is 0 Å². The Morgan fingerprint density at radius 1 is 1.06 bits per heavy atom. The number of hydrogen-bond acceptors (Lipinski definition) is 6. The molecule has 0 spiro atoms. The summed E-state index contributed by atoms with van der Waals surface area (Å²) in [6.07, 6.45) is 1.23. The number of esters is 1. The van der Waals surface area contributed by atoms with Gasteiger partial charge in [0.25, 0.3) is 0 Å². The molecule has 1 saturated heterocycles. The first-order valence-electron chi connectivity index (χ1n) is 11.3. The fourth-order valence-corrected chi connectivity index (χ4v) is 4.83. The van der Waals surface area contributed by atoms with Crippen molar-refractivity contribution in [1.29, 1.82) is 0 Å². The number of ether oxygens (including phenoxy) is 3. The number of hydrogen-bond donors (Lipinski definition) is 1. The van der Waals surface area contributed by atoms with Crippen LogP contribution in [0.3, 0.4) is 0 Å². The lowest BCUT2D eigenvalue weighted by Crippen LogP contribution is -2.45. The zero-order valence-electron chi connectivity index (χ0n) is 19.5. The highest BCUT2D eigenvalue weighted by Crippen LogP contribution is 2.35. The quantitative estimate of drug-likeness (QED) is 0.550. The van der Waals surface area contributed by atoms with Gasteiger partial charge in [-0.15, -0.1) is 0 Å². The van der Waals surface area contributed by atoms with Crippen LogP contribution in [-0.4, -0.2) is 53.8 Å². The van der Waals surface area contributed by atoms with Crippen LogP contribution >= 0.6 is 0 Å². The molecule has 0 radical (unpaired) electrons. The number of H-pyrrole nitrogens is 1. The number of carbonyl (C=O) groups is 1. The van der Waals surface area contributed by atoms with Gasteiger partial charge in [-0.2, -0.15) is 0 Å². The van der Waals surface area contributed by atoms with Gasteiger partial charge < -0.3 is 19.2 Å². The number of rotatable bonds is 7. The Morgan fingerprint density at radius 3 is 2.42 bits per heavy atom.